The van der Waals surface area contributed by atoms with Crippen molar-refractivity contribution in [3.05, 3.63) is 71.8 Å². The first kappa shape index (κ1) is 25.0. The Morgan fingerprint density at radius 3 is 2.66 bits per heavy atom. The molecule has 4 rings (SSSR count). The lowest BCUT2D eigenvalue weighted by Gasteiger charge is -2.20. The molecule has 0 saturated carbocycles. The molecule has 9 heteroatoms. The minimum Gasteiger partial charge on any atom is -0.497 e. The van der Waals surface area contributed by atoms with Crippen molar-refractivity contribution >= 4 is 34.9 Å². The summed E-state index contributed by atoms with van der Waals surface area (Å²) >= 11 is 8.05. The Morgan fingerprint density at radius 2 is 1.97 bits per heavy atom. The zero-order valence-electron chi connectivity index (χ0n) is 19.8. The number of thioether (sulfide) groups is 1. The Bertz CT molecular complexity index is 1210. The van der Waals surface area contributed by atoms with E-state index in [1.165, 1.54) is 0 Å². The Morgan fingerprint density at radius 1 is 1.26 bits per heavy atom. The topological polar surface area (TPSA) is 71.8 Å². The third-order valence-electron chi connectivity index (χ3n) is 5.57. The summed E-state index contributed by atoms with van der Waals surface area (Å²) in [7, 11) is 1.64. The minimum atomic E-state index is -0.500. The summed E-state index contributed by atoms with van der Waals surface area (Å²) in [4.78, 5) is 18.3. The number of hydrogen-bond donors (Lipinski definition) is 0. The molecule has 1 aromatic heterocycles. The van der Waals surface area contributed by atoms with Crippen LogP contribution in [0.2, 0.25) is 5.02 Å². The molecular formula is C26H27ClN2O5S. The number of fused-ring (bicyclic) bond motifs is 1. The lowest BCUT2D eigenvalue weighted by atomic mass is 10.1. The first-order valence-corrected chi connectivity index (χ1v) is 12.5. The highest BCUT2D eigenvalue weighted by Gasteiger charge is 2.23. The highest BCUT2D eigenvalue weighted by atomic mass is 35.5. The Kier molecular flexibility index (Phi) is 7.93. The molecule has 0 fully saturated rings. The number of nitrogens with zero attached hydrogens (tertiary/aromatic N) is 2. The molecule has 7 nitrogen and oxygen atoms in total. The Labute approximate surface area is 214 Å². The van der Waals surface area contributed by atoms with Gasteiger partial charge in [0.2, 0.25) is 6.79 Å². The average Bonchev–Trinajstić information content (AvgIpc) is 3.52. The third kappa shape index (κ3) is 5.77. The van der Waals surface area contributed by atoms with Gasteiger partial charge in [-0.05, 0) is 49.2 Å². The third-order valence-corrected chi connectivity index (χ3v) is 7.30. The number of benzene rings is 2. The molecule has 0 bridgehead atoms. The highest BCUT2D eigenvalue weighted by Crippen LogP contribution is 2.38. The molecule has 0 aliphatic carbocycles. The first-order valence-electron chi connectivity index (χ1n) is 11.2. The number of hydrogen-bond acceptors (Lipinski definition) is 7. The van der Waals surface area contributed by atoms with Crippen LogP contribution in [0.4, 0.5) is 0 Å². The fourth-order valence-electron chi connectivity index (χ4n) is 3.74. The van der Waals surface area contributed by atoms with Crippen LogP contribution in [0.25, 0.3) is 5.57 Å². The molecule has 0 radical (unpaired) electrons. The molecule has 1 aliphatic rings. The van der Waals surface area contributed by atoms with Crippen LogP contribution in [0.5, 0.6) is 17.2 Å². The number of imidazole rings is 1. The molecule has 1 aliphatic heterocycles. The van der Waals surface area contributed by atoms with Crippen LogP contribution in [0.3, 0.4) is 0 Å². The number of rotatable bonds is 10. The summed E-state index contributed by atoms with van der Waals surface area (Å²) in [6, 6.07) is 11.4. The summed E-state index contributed by atoms with van der Waals surface area (Å²) in [6.45, 7) is 8.08. The Hall–Kier alpha value is -3.10. The van der Waals surface area contributed by atoms with Gasteiger partial charge in [0.15, 0.2) is 11.5 Å². The lowest BCUT2D eigenvalue weighted by molar-refractivity contribution is -0.140. The molecular weight excluding hydrogens is 488 g/mol. The van der Waals surface area contributed by atoms with Gasteiger partial charge in [-0.1, -0.05) is 25.1 Å². The van der Waals surface area contributed by atoms with Gasteiger partial charge in [0, 0.05) is 22.4 Å². The second-order valence-electron chi connectivity index (χ2n) is 8.04. The van der Waals surface area contributed by atoms with E-state index in [4.69, 9.17) is 30.5 Å². The fourth-order valence-corrected chi connectivity index (χ4v) is 5.03. The molecule has 0 spiro atoms. The molecule has 35 heavy (non-hydrogen) atoms. The predicted octanol–water partition coefficient (Wildman–Crippen LogP) is 6.16. The van der Waals surface area contributed by atoms with E-state index >= 15 is 0 Å². The van der Waals surface area contributed by atoms with Crippen molar-refractivity contribution in [2.75, 3.05) is 13.9 Å². The second-order valence-corrected chi connectivity index (χ2v) is 9.70. The zero-order valence-corrected chi connectivity index (χ0v) is 21.4. The maximum Gasteiger partial charge on any atom is 0.339 e. The molecule has 184 valence electrons. The van der Waals surface area contributed by atoms with Crippen LogP contribution >= 0.6 is 23.4 Å². The van der Waals surface area contributed by atoms with Gasteiger partial charge in [-0.3, -0.25) is 0 Å². The van der Waals surface area contributed by atoms with Crippen LogP contribution in [0, 0.1) is 0 Å². The molecule has 2 heterocycles. The molecule has 3 aromatic rings. The first-order chi connectivity index (χ1) is 16.9. The highest BCUT2D eigenvalue weighted by molar-refractivity contribution is 7.99. The van der Waals surface area contributed by atoms with Gasteiger partial charge in [-0.2, -0.15) is 0 Å². The van der Waals surface area contributed by atoms with Crippen LogP contribution in [-0.2, 0) is 16.0 Å². The van der Waals surface area contributed by atoms with E-state index in [-0.39, 0.29) is 17.7 Å². The maximum absolute atomic E-state index is 12.9. The minimum absolute atomic E-state index is 0.0234. The zero-order chi connectivity index (χ0) is 24.9. The van der Waals surface area contributed by atoms with Crippen molar-refractivity contribution in [2.24, 2.45) is 0 Å². The molecule has 0 N–H and O–H groups in total. The summed E-state index contributed by atoms with van der Waals surface area (Å²) in [5, 5.41) is 0.561. The molecule has 0 amide bonds. The van der Waals surface area contributed by atoms with Gasteiger partial charge < -0.3 is 23.5 Å². The van der Waals surface area contributed by atoms with Crippen molar-refractivity contribution < 1.29 is 23.7 Å². The van der Waals surface area contributed by atoms with Crippen molar-refractivity contribution in [1.29, 1.82) is 0 Å². The second kappa shape index (κ2) is 11.1. The fraction of sp³-hybridized carbons (Fsp3) is 0.308. The van der Waals surface area contributed by atoms with E-state index in [1.807, 2.05) is 41.8 Å². The number of halogens is 1. The average molecular weight is 515 g/mol. The summed E-state index contributed by atoms with van der Waals surface area (Å²) in [5.74, 6) is 1.55. The number of aromatic nitrogens is 2. The molecule has 2 unspecified atom stereocenters. The number of esters is 1. The summed E-state index contributed by atoms with van der Waals surface area (Å²) in [6.07, 6.45) is 4.18. The lowest BCUT2D eigenvalue weighted by Crippen LogP contribution is -2.19. The number of carbonyl (C=O) groups is 1. The normalized spacial score (nSPS) is 13.8. The monoisotopic (exact) mass is 514 g/mol. The number of ether oxygens (including phenoxy) is 4. The van der Waals surface area contributed by atoms with Crippen molar-refractivity contribution in [1.82, 2.24) is 9.55 Å². The van der Waals surface area contributed by atoms with Gasteiger partial charge in [0.1, 0.15) is 11.9 Å². The van der Waals surface area contributed by atoms with Crippen molar-refractivity contribution in [2.45, 2.75) is 43.1 Å². The van der Waals surface area contributed by atoms with E-state index in [2.05, 4.69) is 18.5 Å². The van der Waals surface area contributed by atoms with Gasteiger partial charge in [-0.15, -0.1) is 11.8 Å². The summed E-state index contributed by atoms with van der Waals surface area (Å²) in [5.41, 5.74) is 1.69. The maximum atomic E-state index is 12.9. The van der Waals surface area contributed by atoms with E-state index in [0.717, 1.165) is 22.6 Å². The van der Waals surface area contributed by atoms with Crippen molar-refractivity contribution in [3.63, 3.8) is 0 Å². The van der Waals surface area contributed by atoms with E-state index in [0.29, 0.717) is 28.6 Å². The molecule has 0 saturated heterocycles. The van der Waals surface area contributed by atoms with Gasteiger partial charge in [-0.25, -0.2) is 9.78 Å². The standard InChI is InChI=1S/C26H27ClN2O5S/c1-5-25(35-20-8-6-19(31-4)7-9-20)29-14-28-13-22(29)17(3)26(30)34-16(2)10-18-11-23-24(12-21(18)27)33-15-32-23/h6-9,11-14,16,25H,3,5,10,15H2,1-2,4H3. The van der Waals surface area contributed by atoms with E-state index in [1.54, 1.807) is 37.5 Å². The molecule has 2 aromatic carbocycles. The smallest absolute Gasteiger partial charge is 0.339 e. The number of carbonyl (C=O) groups excluding carboxylic acids is 1. The van der Waals surface area contributed by atoms with E-state index in [9.17, 15) is 4.79 Å². The van der Waals surface area contributed by atoms with Gasteiger partial charge in [0.05, 0.1) is 36.3 Å². The summed E-state index contributed by atoms with van der Waals surface area (Å²) < 4.78 is 23.7. The Balaban J connectivity index is 1.42. The quantitative estimate of drug-likeness (QED) is 0.182. The van der Waals surface area contributed by atoms with Crippen LogP contribution in [0.1, 0.15) is 36.9 Å². The van der Waals surface area contributed by atoms with Crippen LogP contribution in [-0.4, -0.2) is 35.5 Å². The SMILES string of the molecule is C=C(C(=O)OC(C)Cc1cc2c(cc1Cl)OCO2)c1cncn1C(CC)Sc1ccc(OC)cc1. The van der Waals surface area contributed by atoms with Gasteiger partial charge in [0.25, 0.3) is 0 Å². The number of methoxy groups -OCH3 is 1. The van der Waals surface area contributed by atoms with Gasteiger partial charge >= 0.3 is 5.97 Å². The van der Waals surface area contributed by atoms with Crippen molar-refractivity contribution in [3.8, 4) is 17.2 Å². The van der Waals surface area contributed by atoms with Crippen LogP contribution < -0.4 is 14.2 Å². The van der Waals surface area contributed by atoms with E-state index < -0.39 is 12.1 Å². The molecule has 2 atom stereocenters. The largest absolute Gasteiger partial charge is 0.497 e. The van der Waals surface area contributed by atoms with Crippen LogP contribution in [0.15, 0.2) is 60.4 Å². The predicted molar refractivity (Wildman–Crippen MR) is 136 cm³/mol.